The van der Waals surface area contributed by atoms with E-state index in [-0.39, 0.29) is 24.7 Å². The van der Waals surface area contributed by atoms with Crippen LogP contribution in [-0.2, 0) is 17.8 Å². The lowest BCUT2D eigenvalue weighted by atomic mass is 9.97. The number of nitrogens with one attached hydrogen (secondary N) is 1. The van der Waals surface area contributed by atoms with Crippen LogP contribution < -0.4 is 5.32 Å². The lowest BCUT2D eigenvalue weighted by molar-refractivity contribution is -0.0237. The molecule has 0 saturated carbocycles. The zero-order chi connectivity index (χ0) is 20.9. The highest BCUT2D eigenvalue weighted by molar-refractivity contribution is 6.30. The minimum atomic E-state index is -0.308. The molecule has 0 bridgehead atoms. The highest BCUT2D eigenvalue weighted by Crippen LogP contribution is 2.48. The van der Waals surface area contributed by atoms with Crippen LogP contribution >= 0.6 is 0 Å². The molecule has 2 N–H and O–H groups in total. The molecule has 4 heterocycles. The summed E-state index contributed by atoms with van der Waals surface area (Å²) in [7, 11) is 1.71. The van der Waals surface area contributed by atoms with Crippen LogP contribution in [0.5, 0.6) is 0 Å². The van der Waals surface area contributed by atoms with Gasteiger partial charge in [-0.15, -0.1) is 0 Å². The highest BCUT2D eigenvalue weighted by Gasteiger charge is 2.37. The van der Waals surface area contributed by atoms with Crippen molar-refractivity contribution in [3.05, 3.63) is 59.7 Å². The molecule has 0 saturated heterocycles. The summed E-state index contributed by atoms with van der Waals surface area (Å²) in [5.41, 5.74) is 6.14. The van der Waals surface area contributed by atoms with Crippen LogP contribution in [0, 0.1) is 5.92 Å². The van der Waals surface area contributed by atoms with Crippen molar-refractivity contribution in [2.24, 2.45) is 5.92 Å². The molecule has 0 fully saturated rings. The van der Waals surface area contributed by atoms with Crippen molar-refractivity contribution in [1.29, 1.82) is 0 Å². The fourth-order valence-corrected chi connectivity index (χ4v) is 6.00. The van der Waals surface area contributed by atoms with Crippen molar-refractivity contribution in [3.8, 4) is 0 Å². The smallest absolute Gasteiger partial charge is 0.252 e. The standard InChI is InChI=1S/C25H21N3O3/c1-31-25-13(12-29)11-27-17-8-4-2-6-14(17)20-21-16(10-26-24(21)30)19-15-7-3-5-9-18(15)28(25)23(19)22(20)27/h2-9,13,25,29H,10-12H2,1H3,(H,26,30)/t13-,25?/m0/s1. The van der Waals surface area contributed by atoms with Crippen LogP contribution in [-0.4, -0.2) is 33.9 Å². The first-order valence-electron chi connectivity index (χ1n) is 10.6. The average Bonchev–Trinajstić information content (AvgIpc) is 3.41. The molecular weight excluding hydrogens is 390 g/mol. The van der Waals surface area contributed by atoms with E-state index in [1.807, 2.05) is 24.3 Å². The molecule has 1 unspecified atom stereocenters. The number of carbonyl (C=O) groups excluding carboxylic acids is 1. The number of hydrogen-bond donors (Lipinski definition) is 2. The summed E-state index contributed by atoms with van der Waals surface area (Å²) >= 11 is 0. The third-order valence-electron chi connectivity index (χ3n) is 7.16. The number of methoxy groups -OCH3 is 1. The van der Waals surface area contributed by atoms with E-state index in [1.54, 1.807) is 7.11 Å². The SMILES string of the molecule is COC1[C@H](CO)Cn2c3ccccc3c3c4c(c5c6ccccc6n1c5c32)CNC4=O. The Morgan fingerprint density at radius 3 is 2.48 bits per heavy atom. The molecule has 1 amide bonds. The fourth-order valence-electron chi connectivity index (χ4n) is 6.00. The van der Waals surface area contributed by atoms with E-state index >= 15 is 0 Å². The third kappa shape index (κ3) is 1.93. The number of hydrogen-bond acceptors (Lipinski definition) is 3. The van der Waals surface area contributed by atoms with Gasteiger partial charge in [0.1, 0.15) is 6.23 Å². The van der Waals surface area contributed by atoms with E-state index in [2.05, 4.69) is 38.7 Å². The van der Waals surface area contributed by atoms with Gasteiger partial charge in [0.05, 0.1) is 28.7 Å². The van der Waals surface area contributed by atoms with Crippen LogP contribution in [0.1, 0.15) is 22.1 Å². The van der Waals surface area contributed by atoms with Gasteiger partial charge in [0.15, 0.2) is 0 Å². The molecule has 31 heavy (non-hydrogen) atoms. The first kappa shape index (κ1) is 17.3. The van der Waals surface area contributed by atoms with Crippen molar-refractivity contribution in [2.45, 2.75) is 19.3 Å². The molecule has 0 radical (unpaired) electrons. The van der Waals surface area contributed by atoms with Crippen molar-refractivity contribution in [1.82, 2.24) is 14.5 Å². The normalized spacial score (nSPS) is 20.3. The Labute approximate surface area is 177 Å². The molecule has 7 rings (SSSR count). The zero-order valence-corrected chi connectivity index (χ0v) is 17.1. The summed E-state index contributed by atoms with van der Waals surface area (Å²) in [6.07, 6.45) is -0.308. The predicted octanol–water partition coefficient (Wildman–Crippen LogP) is 3.91. The number of nitrogens with zero attached hydrogens (tertiary/aromatic N) is 2. The Bertz CT molecular complexity index is 1580. The van der Waals surface area contributed by atoms with E-state index in [1.165, 1.54) is 0 Å². The first-order chi connectivity index (χ1) is 15.2. The Hall–Kier alpha value is -3.35. The molecule has 154 valence electrons. The lowest BCUT2D eigenvalue weighted by Crippen LogP contribution is -2.26. The van der Waals surface area contributed by atoms with Gasteiger partial charge in [0.25, 0.3) is 5.91 Å². The van der Waals surface area contributed by atoms with Gasteiger partial charge in [0, 0.05) is 53.2 Å². The van der Waals surface area contributed by atoms with Crippen LogP contribution in [0.4, 0.5) is 0 Å². The number of aliphatic hydroxyl groups excluding tert-OH is 1. The van der Waals surface area contributed by atoms with Crippen molar-refractivity contribution >= 4 is 49.5 Å². The molecule has 0 aliphatic carbocycles. The largest absolute Gasteiger partial charge is 0.396 e. The van der Waals surface area contributed by atoms with Gasteiger partial charge < -0.3 is 24.3 Å². The number of amides is 1. The number of benzene rings is 3. The summed E-state index contributed by atoms with van der Waals surface area (Å²) in [5, 5.41) is 17.7. The van der Waals surface area contributed by atoms with Crippen molar-refractivity contribution < 1.29 is 14.6 Å². The predicted molar refractivity (Wildman–Crippen MR) is 120 cm³/mol. The minimum absolute atomic E-state index is 0.00863. The maximum Gasteiger partial charge on any atom is 0.252 e. The Morgan fingerprint density at radius 1 is 1.03 bits per heavy atom. The van der Waals surface area contributed by atoms with Crippen molar-refractivity contribution in [3.63, 3.8) is 0 Å². The molecule has 2 aliphatic heterocycles. The molecule has 6 heteroatoms. The van der Waals surface area contributed by atoms with E-state index < -0.39 is 0 Å². The average molecular weight is 411 g/mol. The van der Waals surface area contributed by atoms with Crippen LogP contribution in [0.3, 0.4) is 0 Å². The maximum absolute atomic E-state index is 13.1. The second kappa shape index (κ2) is 5.87. The van der Waals surface area contributed by atoms with Gasteiger partial charge in [-0.2, -0.15) is 0 Å². The van der Waals surface area contributed by atoms with Crippen molar-refractivity contribution in [2.75, 3.05) is 13.7 Å². The van der Waals surface area contributed by atoms with Gasteiger partial charge in [-0.05, 0) is 17.7 Å². The first-order valence-corrected chi connectivity index (χ1v) is 10.6. The van der Waals surface area contributed by atoms with Gasteiger partial charge >= 0.3 is 0 Å². The fraction of sp³-hybridized carbons (Fsp3) is 0.240. The van der Waals surface area contributed by atoms with Crippen LogP contribution in [0.2, 0.25) is 0 Å². The monoisotopic (exact) mass is 411 g/mol. The molecule has 0 spiro atoms. The molecule has 2 aliphatic rings. The number of aromatic nitrogens is 2. The molecule has 2 aromatic heterocycles. The van der Waals surface area contributed by atoms with E-state index in [0.717, 1.165) is 54.7 Å². The minimum Gasteiger partial charge on any atom is -0.396 e. The summed E-state index contributed by atoms with van der Waals surface area (Å²) < 4.78 is 10.6. The Balaban J connectivity index is 1.87. The number of aliphatic hydroxyl groups is 1. The lowest BCUT2D eigenvalue weighted by Gasteiger charge is -2.26. The number of carbonyl (C=O) groups is 1. The summed E-state index contributed by atoms with van der Waals surface area (Å²) in [6, 6.07) is 16.6. The molecule has 5 aromatic rings. The quantitative estimate of drug-likeness (QED) is 0.463. The Morgan fingerprint density at radius 2 is 1.74 bits per heavy atom. The molecular formula is C25H21N3O3. The van der Waals surface area contributed by atoms with Gasteiger partial charge in [-0.25, -0.2) is 0 Å². The number of para-hydroxylation sites is 2. The second-order valence-electron chi connectivity index (χ2n) is 8.57. The summed E-state index contributed by atoms with van der Waals surface area (Å²) in [6.45, 7) is 1.15. The third-order valence-corrected chi connectivity index (χ3v) is 7.16. The van der Waals surface area contributed by atoms with Gasteiger partial charge in [-0.1, -0.05) is 36.4 Å². The molecule has 6 nitrogen and oxygen atoms in total. The van der Waals surface area contributed by atoms with Gasteiger partial charge in [0.2, 0.25) is 0 Å². The van der Waals surface area contributed by atoms with E-state index in [9.17, 15) is 9.90 Å². The summed E-state index contributed by atoms with van der Waals surface area (Å²) in [5.74, 6) is -0.137. The molecule has 3 aromatic carbocycles. The number of fused-ring (bicyclic) bond motifs is 9. The topological polar surface area (TPSA) is 68.4 Å². The van der Waals surface area contributed by atoms with Crippen LogP contribution in [0.25, 0.3) is 43.6 Å². The van der Waals surface area contributed by atoms with E-state index in [0.29, 0.717) is 13.1 Å². The number of rotatable bonds is 2. The molecule has 2 atom stereocenters. The zero-order valence-electron chi connectivity index (χ0n) is 17.1. The Kier molecular flexibility index (Phi) is 3.28. The maximum atomic E-state index is 13.1. The summed E-state index contributed by atoms with van der Waals surface area (Å²) in [4.78, 5) is 13.1. The second-order valence-corrected chi connectivity index (χ2v) is 8.57. The van der Waals surface area contributed by atoms with E-state index in [4.69, 9.17) is 4.74 Å². The highest BCUT2D eigenvalue weighted by atomic mass is 16.5. The number of ether oxygens (including phenoxy) is 1. The van der Waals surface area contributed by atoms with Crippen LogP contribution in [0.15, 0.2) is 48.5 Å². The van der Waals surface area contributed by atoms with Gasteiger partial charge in [-0.3, -0.25) is 4.79 Å².